The molecule has 0 heterocycles. The monoisotopic (exact) mass is 204 g/mol. The van der Waals surface area contributed by atoms with E-state index in [-0.39, 0.29) is 0 Å². The summed E-state index contributed by atoms with van der Waals surface area (Å²) in [6, 6.07) is 0. The van der Waals surface area contributed by atoms with Gasteiger partial charge in [0.25, 0.3) is 0 Å². The quantitative estimate of drug-likeness (QED) is 0.451. The van der Waals surface area contributed by atoms with Crippen molar-refractivity contribution in [2.75, 3.05) is 11.5 Å². The van der Waals surface area contributed by atoms with Gasteiger partial charge in [0.1, 0.15) is 0 Å². The fourth-order valence-corrected chi connectivity index (χ4v) is 3.54. The lowest BCUT2D eigenvalue weighted by Crippen LogP contribution is -1.97. The van der Waals surface area contributed by atoms with E-state index in [1.807, 2.05) is 0 Å². The van der Waals surface area contributed by atoms with Crippen LogP contribution in [0.3, 0.4) is 0 Å². The van der Waals surface area contributed by atoms with Gasteiger partial charge in [-0.2, -0.15) is 0 Å². The zero-order valence-electron chi connectivity index (χ0n) is 8.38. The van der Waals surface area contributed by atoms with Crippen molar-refractivity contribution in [2.45, 2.75) is 38.2 Å². The van der Waals surface area contributed by atoms with E-state index in [2.05, 4.69) is 56.4 Å². The maximum atomic E-state index is 2.26. The second-order valence-corrected chi connectivity index (χ2v) is 5.74. The van der Waals surface area contributed by atoms with Gasteiger partial charge in [-0.3, -0.25) is 0 Å². The Morgan fingerprint density at radius 1 is 1.17 bits per heavy atom. The van der Waals surface area contributed by atoms with Crippen molar-refractivity contribution in [3.8, 4) is 0 Å². The molecular weight excluding hydrogens is 184 g/mol. The van der Waals surface area contributed by atoms with E-state index in [1.165, 1.54) is 24.3 Å². The highest BCUT2D eigenvalue weighted by atomic mass is 32.2. The van der Waals surface area contributed by atoms with Gasteiger partial charge in [-0.1, -0.05) is 26.0 Å². The van der Waals surface area contributed by atoms with Crippen LogP contribution in [0.4, 0.5) is 0 Å². The zero-order chi connectivity index (χ0) is 9.23. The molecule has 0 spiro atoms. The van der Waals surface area contributed by atoms with E-state index in [9.17, 15) is 0 Å². The van der Waals surface area contributed by atoms with E-state index in [1.54, 1.807) is 0 Å². The van der Waals surface area contributed by atoms with Gasteiger partial charge in [-0.25, -0.2) is 0 Å². The molecule has 72 valence electrons. The minimum atomic E-state index is 0.816. The molecule has 0 aromatic carbocycles. The van der Waals surface area contributed by atoms with E-state index in [0.717, 1.165) is 4.58 Å². The molecule has 0 aliphatic rings. The highest BCUT2D eigenvalue weighted by molar-refractivity contribution is 8.16. The predicted octanol–water partition coefficient (Wildman–Crippen LogP) is 4.18. The van der Waals surface area contributed by atoms with Gasteiger partial charge >= 0.3 is 0 Å². The molecule has 0 aromatic rings. The van der Waals surface area contributed by atoms with Crippen molar-refractivity contribution in [1.29, 1.82) is 0 Å². The predicted molar refractivity (Wildman–Crippen MR) is 64.1 cm³/mol. The van der Waals surface area contributed by atoms with E-state index in [4.69, 9.17) is 0 Å². The van der Waals surface area contributed by atoms with Crippen molar-refractivity contribution in [1.82, 2.24) is 0 Å². The third-order valence-corrected chi connectivity index (χ3v) is 4.21. The summed E-state index contributed by atoms with van der Waals surface area (Å²) < 4.78 is 0.816. The number of hydrogen-bond donors (Lipinski definition) is 0. The summed E-state index contributed by atoms with van der Waals surface area (Å²) in [6.45, 7) is 6.57. The van der Waals surface area contributed by atoms with Crippen molar-refractivity contribution < 1.29 is 0 Å². The zero-order valence-corrected chi connectivity index (χ0v) is 10.0. The van der Waals surface area contributed by atoms with E-state index >= 15 is 0 Å². The number of thioether (sulfide) groups is 2. The van der Waals surface area contributed by atoms with Gasteiger partial charge in [0, 0.05) is 0 Å². The largest absolute Gasteiger partial charge is 0.148 e. The first-order chi connectivity index (χ1) is 5.85. The van der Waals surface area contributed by atoms with Crippen LogP contribution in [0.15, 0.2) is 12.2 Å². The molecule has 0 amide bonds. The molecule has 0 rings (SSSR count). The Kier molecular flexibility index (Phi) is 9.88. The molecule has 0 nitrogen and oxygen atoms in total. The molecule has 0 saturated heterocycles. The summed E-state index contributed by atoms with van der Waals surface area (Å²) >= 11 is 4.16. The van der Waals surface area contributed by atoms with Crippen LogP contribution >= 0.6 is 23.5 Å². The number of hydrogen-bond acceptors (Lipinski definition) is 2. The second kappa shape index (κ2) is 9.53. The van der Waals surface area contributed by atoms with Gasteiger partial charge in [-0.15, -0.1) is 23.5 Å². The number of allylic oxidation sites excluding steroid dienone is 2. The molecule has 12 heavy (non-hydrogen) atoms. The lowest BCUT2D eigenvalue weighted by molar-refractivity contribution is 0.936. The first kappa shape index (κ1) is 12.4. The molecule has 0 N–H and O–H groups in total. The van der Waals surface area contributed by atoms with Crippen LogP contribution < -0.4 is 0 Å². The van der Waals surface area contributed by atoms with Gasteiger partial charge in [0.2, 0.25) is 0 Å². The summed E-state index contributed by atoms with van der Waals surface area (Å²) in [7, 11) is 0. The highest BCUT2D eigenvalue weighted by Gasteiger charge is 2.05. The van der Waals surface area contributed by atoms with Crippen LogP contribution in [0.25, 0.3) is 0 Å². The fourth-order valence-electron chi connectivity index (χ4n) is 0.986. The molecule has 0 radical (unpaired) electrons. The standard InChI is InChI=1S/C10H20S2/c1-4-7-8-9-10(11-5-2)12-6-3/h4,7,10H,5-6,8-9H2,1-3H3/b7-4+. The molecule has 0 atom stereocenters. The highest BCUT2D eigenvalue weighted by Crippen LogP contribution is 2.27. The minimum Gasteiger partial charge on any atom is -0.148 e. The van der Waals surface area contributed by atoms with Gasteiger partial charge < -0.3 is 0 Å². The molecular formula is C10H20S2. The third kappa shape index (κ3) is 7.11. The lowest BCUT2D eigenvalue weighted by Gasteiger charge is -2.12. The summed E-state index contributed by atoms with van der Waals surface area (Å²) in [4.78, 5) is 0. The van der Waals surface area contributed by atoms with Crippen LogP contribution in [0.1, 0.15) is 33.6 Å². The Morgan fingerprint density at radius 3 is 2.17 bits per heavy atom. The molecule has 0 bridgehead atoms. The van der Waals surface area contributed by atoms with Crippen LogP contribution in [0, 0.1) is 0 Å². The summed E-state index contributed by atoms with van der Waals surface area (Å²) in [5.41, 5.74) is 0. The summed E-state index contributed by atoms with van der Waals surface area (Å²) in [6.07, 6.45) is 6.96. The van der Waals surface area contributed by atoms with Crippen molar-refractivity contribution in [3.63, 3.8) is 0 Å². The second-order valence-electron chi connectivity index (χ2n) is 2.49. The summed E-state index contributed by atoms with van der Waals surface area (Å²) in [5, 5.41) is 0. The van der Waals surface area contributed by atoms with E-state index in [0.29, 0.717) is 0 Å². The average molecular weight is 204 g/mol. The Bertz CT molecular complexity index is 104. The average Bonchev–Trinajstić information content (AvgIpc) is 2.06. The minimum absolute atomic E-state index is 0.816. The topological polar surface area (TPSA) is 0 Å². The molecule has 0 aromatic heterocycles. The SMILES string of the molecule is C/C=C/CCC(SCC)SCC. The van der Waals surface area contributed by atoms with Crippen LogP contribution in [-0.4, -0.2) is 16.1 Å². The molecule has 2 heteroatoms. The first-order valence-corrected chi connectivity index (χ1v) is 6.79. The normalized spacial score (nSPS) is 11.7. The van der Waals surface area contributed by atoms with Crippen molar-refractivity contribution >= 4 is 23.5 Å². The maximum absolute atomic E-state index is 2.26. The fraction of sp³-hybridized carbons (Fsp3) is 0.800. The summed E-state index contributed by atoms with van der Waals surface area (Å²) in [5.74, 6) is 2.49. The Labute approximate surface area is 85.6 Å². The lowest BCUT2D eigenvalue weighted by atomic mass is 10.3. The first-order valence-electron chi connectivity index (χ1n) is 4.69. The van der Waals surface area contributed by atoms with Gasteiger partial charge in [-0.05, 0) is 31.3 Å². The maximum Gasteiger partial charge on any atom is 0.0505 e. The molecule has 0 unspecified atom stereocenters. The molecule has 0 saturated carbocycles. The van der Waals surface area contributed by atoms with Crippen LogP contribution in [0.5, 0.6) is 0 Å². The smallest absolute Gasteiger partial charge is 0.0505 e. The van der Waals surface area contributed by atoms with Gasteiger partial charge in [0.05, 0.1) is 4.58 Å². The van der Waals surface area contributed by atoms with Gasteiger partial charge in [0.15, 0.2) is 0 Å². The number of rotatable bonds is 7. The molecule has 0 aliphatic heterocycles. The van der Waals surface area contributed by atoms with Crippen LogP contribution in [-0.2, 0) is 0 Å². The van der Waals surface area contributed by atoms with E-state index < -0.39 is 0 Å². The molecule has 0 aliphatic carbocycles. The molecule has 0 fully saturated rings. The van der Waals surface area contributed by atoms with Crippen molar-refractivity contribution in [2.24, 2.45) is 0 Å². The van der Waals surface area contributed by atoms with Crippen LogP contribution in [0.2, 0.25) is 0 Å². The van der Waals surface area contributed by atoms with Crippen molar-refractivity contribution in [3.05, 3.63) is 12.2 Å². The third-order valence-electron chi connectivity index (χ3n) is 1.51. The Morgan fingerprint density at radius 2 is 1.75 bits per heavy atom. The Hall–Kier alpha value is 0.440. The Balaban J connectivity index is 3.47.